The van der Waals surface area contributed by atoms with E-state index in [1.54, 1.807) is 36.0 Å². The minimum atomic E-state index is -0.588. The Balaban J connectivity index is 2.60. The number of rotatable bonds is 6. The molecule has 0 saturated carbocycles. The number of hydrogen-bond acceptors (Lipinski definition) is 4. The highest BCUT2D eigenvalue weighted by molar-refractivity contribution is 7.98. The fourth-order valence-electron chi connectivity index (χ4n) is 1.41. The molecule has 1 atom stereocenters. The Hall–Kier alpha value is -1.49. The van der Waals surface area contributed by atoms with Gasteiger partial charge in [0.25, 0.3) is 0 Å². The summed E-state index contributed by atoms with van der Waals surface area (Å²) in [4.78, 5) is 23.0. The lowest BCUT2D eigenvalue weighted by Crippen LogP contribution is -2.42. The first kappa shape index (κ1) is 14.6. The van der Waals surface area contributed by atoms with Crippen LogP contribution in [0.25, 0.3) is 0 Å². The van der Waals surface area contributed by atoms with Gasteiger partial charge in [-0.3, -0.25) is 4.79 Å². The molecule has 98 valence electrons. The van der Waals surface area contributed by atoms with Crippen molar-refractivity contribution < 1.29 is 14.3 Å². The second-order valence-electron chi connectivity index (χ2n) is 3.77. The van der Waals surface area contributed by atoms with Crippen LogP contribution in [0.1, 0.15) is 13.3 Å². The number of carbonyl (C=O) groups excluding carboxylic acids is 2. The van der Waals surface area contributed by atoms with Crippen molar-refractivity contribution >= 4 is 23.6 Å². The number of para-hydroxylation sites is 1. The van der Waals surface area contributed by atoms with Crippen LogP contribution in [0.4, 0.5) is 0 Å². The molecule has 0 aliphatic heterocycles. The highest BCUT2D eigenvalue weighted by Crippen LogP contribution is 2.11. The number of hydrogen-bond donors (Lipinski definition) is 1. The van der Waals surface area contributed by atoms with Gasteiger partial charge in [-0.25, -0.2) is 4.79 Å². The highest BCUT2D eigenvalue weighted by Gasteiger charge is 2.21. The summed E-state index contributed by atoms with van der Waals surface area (Å²) >= 11 is 1.62. The number of benzene rings is 1. The van der Waals surface area contributed by atoms with Crippen molar-refractivity contribution in [3.63, 3.8) is 0 Å². The van der Waals surface area contributed by atoms with Gasteiger partial charge in [-0.2, -0.15) is 11.8 Å². The molecule has 0 bridgehead atoms. The van der Waals surface area contributed by atoms with E-state index in [0.29, 0.717) is 12.2 Å². The Morgan fingerprint density at radius 3 is 2.56 bits per heavy atom. The Labute approximate surface area is 111 Å². The lowest BCUT2D eigenvalue weighted by atomic mass is 10.2. The molecule has 1 amide bonds. The van der Waals surface area contributed by atoms with E-state index in [2.05, 4.69) is 5.32 Å². The van der Waals surface area contributed by atoms with Gasteiger partial charge in [0, 0.05) is 6.92 Å². The van der Waals surface area contributed by atoms with Crippen LogP contribution in [0.15, 0.2) is 30.3 Å². The largest absolute Gasteiger partial charge is 0.425 e. The van der Waals surface area contributed by atoms with Gasteiger partial charge in [0.05, 0.1) is 0 Å². The molecule has 1 aromatic rings. The maximum absolute atomic E-state index is 11.9. The van der Waals surface area contributed by atoms with E-state index in [0.717, 1.165) is 5.75 Å². The van der Waals surface area contributed by atoms with Crippen LogP contribution in [-0.2, 0) is 9.59 Å². The van der Waals surface area contributed by atoms with Crippen LogP contribution in [0.2, 0.25) is 0 Å². The second-order valence-corrected chi connectivity index (χ2v) is 4.75. The van der Waals surface area contributed by atoms with Gasteiger partial charge >= 0.3 is 5.97 Å². The molecular weight excluding hydrogens is 250 g/mol. The summed E-state index contributed by atoms with van der Waals surface area (Å²) in [5.41, 5.74) is 0. The van der Waals surface area contributed by atoms with E-state index in [9.17, 15) is 9.59 Å². The zero-order chi connectivity index (χ0) is 13.4. The molecule has 0 aromatic heterocycles. The first-order valence-corrected chi connectivity index (χ1v) is 7.05. The minimum Gasteiger partial charge on any atom is -0.425 e. The highest BCUT2D eigenvalue weighted by atomic mass is 32.2. The van der Waals surface area contributed by atoms with Gasteiger partial charge in [-0.15, -0.1) is 0 Å². The number of ether oxygens (including phenoxy) is 1. The van der Waals surface area contributed by atoms with Crippen LogP contribution in [-0.4, -0.2) is 29.9 Å². The van der Waals surface area contributed by atoms with E-state index >= 15 is 0 Å². The summed E-state index contributed by atoms with van der Waals surface area (Å²) in [5, 5.41) is 2.61. The van der Waals surface area contributed by atoms with Crippen molar-refractivity contribution in [2.24, 2.45) is 0 Å². The maximum atomic E-state index is 11.9. The van der Waals surface area contributed by atoms with E-state index in [1.807, 2.05) is 12.3 Å². The molecule has 0 saturated heterocycles. The van der Waals surface area contributed by atoms with Crippen molar-refractivity contribution in [3.05, 3.63) is 30.3 Å². The van der Waals surface area contributed by atoms with E-state index < -0.39 is 12.0 Å². The summed E-state index contributed by atoms with van der Waals surface area (Å²) in [5.74, 6) is 0.619. The lowest BCUT2D eigenvalue weighted by molar-refractivity contribution is -0.139. The summed E-state index contributed by atoms with van der Waals surface area (Å²) < 4.78 is 5.21. The third-order valence-electron chi connectivity index (χ3n) is 2.23. The maximum Gasteiger partial charge on any atom is 0.334 e. The first-order chi connectivity index (χ1) is 8.63. The van der Waals surface area contributed by atoms with Crippen LogP contribution < -0.4 is 10.1 Å². The average Bonchev–Trinajstić information content (AvgIpc) is 2.35. The molecule has 0 fully saturated rings. The number of thioether (sulfide) groups is 1. The molecular formula is C13H17NO3S. The third kappa shape index (κ3) is 5.23. The molecule has 1 unspecified atom stereocenters. The molecule has 1 N–H and O–H groups in total. The van der Waals surface area contributed by atoms with Gasteiger partial charge in [-0.05, 0) is 30.6 Å². The molecule has 0 aliphatic carbocycles. The molecule has 18 heavy (non-hydrogen) atoms. The van der Waals surface area contributed by atoms with Gasteiger partial charge in [0.15, 0.2) is 0 Å². The number of nitrogens with one attached hydrogen (secondary N) is 1. The van der Waals surface area contributed by atoms with Crippen molar-refractivity contribution in [2.45, 2.75) is 19.4 Å². The van der Waals surface area contributed by atoms with Crippen LogP contribution in [0.3, 0.4) is 0 Å². The second kappa shape index (κ2) is 7.76. The Bertz CT molecular complexity index is 394. The number of carbonyl (C=O) groups is 2. The predicted octanol–water partition coefficient (Wildman–Crippen LogP) is 1.85. The minimum absolute atomic E-state index is 0.230. The fraction of sp³-hybridized carbons (Fsp3) is 0.385. The van der Waals surface area contributed by atoms with Crippen LogP contribution >= 0.6 is 11.8 Å². The van der Waals surface area contributed by atoms with E-state index in [-0.39, 0.29) is 5.91 Å². The van der Waals surface area contributed by atoms with Crippen molar-refractivity contribution in [3.8, 4) is 5.75 Å². The topological polar surface area (TPSA) is 55.4 Å². The van der Waals surface area contributed by atoms with Gasteiger partial charge in [0.2, 0.25) is 5.91 Å². The number of amides is 1. The van der Waals surface area contributed by atoms with Crippen molar-refractivity contribution in [1.82, 2.24) is 5.32 Å². The first-order valence-electron chi connectivity index (χ1n) is 5.66. The average molecular weight is 267 g/mol. The summed E-state index contributed by atoms with van der Waals surface area (Å²) in [6.07, 6.45) is 2.51. The smallest absolute Gasteiger partial charge is 0.334 e. The van der Waals surface area contributed by atoms with Crippen molar-refractivity contribution in [2.75, 3.05) is 12.0 Å². The Morgan fingerprint density at radius 2 is 2.00 bits per heavy atom. The van der Waals surface area contributed by atoms with Gasteiger partial charge in [-0.1, -0.05) is 18.2 Å². The summed E-state index contributed by atoms with van der Waals surface area (Å²) in [7, 11) is 0. The summed E-state index contributed by atoms with van der Waals surface area (Å²) in [6.45, 7) is 1.39. The summed E-state index contributed by atoms with van der Waals surface area (Å²) in [6, 6.07) is 8.25. The molecule has 0 spiro atoms. The standard InChI is InChI=1S/C13H17NO3S/c1-10(15)14-12(8-9-18-2)13(16)17-11-6-4-3-5-7-11/h3-7,12H,8-9H2,1-2H3,(H,14,15). The van der Waals surface area contributed by atoms with E-state index in [4.69, 9.17) is 4.74 Å². The molecule has 0 heterocycles. The fourth-order valence-corrected chi connectivity index (χ4v) is 1.88. The molecule has 0 radical (unpaired) electrons. The Kier molecular flexibility index (Phi) is 6.28. The normalized spacial score (nSPS) is 11.7. The van der Waals surface area contributed by atoms with E-state index in [1.165, 1.54) is 6.92 Å². The molecule has 1 aromatic carbocycles. The number of esters is 1. The molecule has 4 nitrogen and oxygen atoms in total. The monoisotopic (exact) mass is 267 g/mol. The van der Waals surface area contributed by atoms with Gasteiger partial charge < -0.3 is 10.1 Å². The lowest BCUT2D eigenvalue weighted by Gasteiger charge is -2.16. The third-order valence-corrected chi connectivity index (χ3v) is 2.88. The predicted molar refractivity (Wildman–Crippen MR) is 72.7 cm³/mol. The molecule has 5 heteroatoms. The quantitative estimate of drug-likeness (QED) is 0.631. The molecule has 0 aliphatic rings. The zero-order valence-corrected chi connectivity index (χ0v) is 11.3. The van der Waals surface area contributed by atoms with Crippen LogP contribution in [0, 0.1) is 0 Å². The Morgan fingerprint density at radius 1 is 1.33 bits per heavy atom. The zero-order valence-electron chi connectivity index (χ0n) is 10.5. The van der Waals surface area contributed by atoms with Gasteiger partial charge in [0.1, 0.15) is 11.8 Å². The molecule has 1 rings (SSSR count). The van der Waals surface area contributed by atoms with Crippen molar-refractivity contribution in [1.29, 1.82) is 0 Å². The SMILES string of the molecule is CSCCC(NC(C)=O)C(=O)Oc1ccccc1. The van der Waals surface area contributed by atoms with Crippen LogP contribution in [0.5, 0.6) is 5.75 Å².